The Hall–Kier alpha value is -2.52. The number of rotatable bonds is 5. The van der Waals surface area contributed by atoms with E-state index in [1.165, 1.54) is 17.2 Å². The molecule has 0 radical (unpaired) electrons. The molecular formula is C17H20ClFN4O4. The fourth-order valence-corrected chi connectivity index (χ4v) is 3.10. The molecule has 1 amide bonds. The van der Waals surface area contributed by atoms with E-state index in [1.54, 1.807) is 18.2 Å². The first-order chi connectivity index (χ1) is 12.7. The van der Waals surface area contributed by atoms with Crippen LogP contribution in [-0.4, -0.2) is 56.7 Å². The Morgan fingerprint density at radius 2 is 2.11 bits per heavy atom. The summed E-state index contributed by atoms with van der Waals surface area (Å²) in [6, 6.07) is 6.39. The van der Waals surface area contributed by atoms with Crippen molar-refractivity contribution in [1.82, 2.24) is 10.5 Å². The molecule has 2 fully saturated rings. The average molecular weight is 399 g/mol. The molecule has 1 aromatic heterocycles. The molecule has 1 unspecified atom stereocenters. The highest BCUT2D eigenvalue weighted by Gasteiger charge is 2.33. The van der Waals surface area contributed by atoms with E-state index < -0.39 is 12.2 Å². The van der Waals surface area contributed by atoms with Gasteiger partial charge in [0, 0.05) is 32.2 Å². The van der Waals surface area contributed by atoms with Crippen molar-refractivity contribution in [3.05, 3.63) is 36.3 Å². The van der Waals surface area contributed by atoms with Crippen LogP contribution in [0.5, 0.6) is 5.88 Å². The normalized spacial score (nSPS) is 19.6. The first-order valence-electron chi connectivity index (χ1n) is 8.47. The predicted octanol–water partition coefficient (Wildman–Crippen LogP) is 2.05. The number of hydrogen-bond donors (Lipinski definition) is 1. The molecular weight excluding hydrogens is 379 g/mol. The average Bonchev–Trinajstić information content (AvgIpc) is 3.30. The van der Waals surface area contributed by atoms with E-state index in [-0.39, 0.29) is 31.4 Å². The Labute approximate surface area is 161 Å². The SMILES string of the molecule is Cl.O=C1OC(COc2ccon2)CN1c1ccc(N2CCNCC2)c(F)c1. The Bertz CT molecular complexity index is 770. The number of nitrogens with one attached hydrogen (secondary N) is 1. The minimum atomic E-state index is -0.520. The monoisotopic (exact) mass is 398 g/mol. The molecule has 1 N–H and O–H groups in total. The smallest absolute Gasteiger partial charge is 0.414 e. The topological polar surface area (TPSA) is 80.1 Å². The van der Waals surface area contributed by atoms with E-state index in [4.69, 9.17) is 9.47 Å². The Balaban J connectivity index is 0.00000210. The molecule has 3 heterocycles. The first-order valence-corrected chi connectivity index (χ1v) is 8.47. The number of hydrogen-bond acceptors (Lipinski definition) is 7. The van der Waals surface area contributed by atoms with Crippen LogP contribution in [0.25, 0.3) is 0 Å². The summed E-state index contributed by atoms with van der Waals surface area (Å²) < 4.78 is 29.9. The number of halogens is 2. The van der Waals surface area contributed by atoms with Gasteiger partial charge < -0.3 is 24.2 Å². The van der Waals surface area contributed by atoms with Gasteiger partial charge in [0.15, 0.2) is 6.10 Å². The Morgan fingerprint density at radius 1 is 1.30 bits per heavy atom. The van der Waals surface area contributed by atoms with Gasteiger partial charge >= 0.3 is 6.09 Å². The zero-order valence-corrected chi connectivity index (χ0v) is 15.3. The van der Waals surface area contributed by atoms with E-state index in [0.717, 1.165) is 26.2 Å². The number of ether oxygens (including phenoxy) is 2. The van der Waals surface area contributed by atoms with Crippen molar-refractivity contribution < 1.29 is 23.2 Å². The lowest BCUT2D eigenvalue weighted by atomic mass is 10.2. The second-order valence-corrected chi connectivity index (χ2v) is 6.14. The molecule has 2 aliphatic rings. The molecule has 4 rings (SSSR count). The van der Waals surface area contributed by atoms with Crippen LogP contribution in [0.2, 0.25) is 0 Å². The van der Waals surface area contributed by atoms with Crippen LogP contribution in [0.1, 0.15) is 0 Å². The fraction of sp³-hybridized carbons (Fsp3) is 0.412. The number of anilines is 2. The van der Waals surface area contributed by atoms with Crippen molar-refractivity contribution in [2.75, 3.05) is 49.1 Å². The number of nitrogens with zero attached hydrogens (tertiary/aromatic N) is 3. The highest BCUT2D eigenvalue weighted by molar-refractivity contribution is 5.90. The quantitative estimate of drug-likeness (QED) is 0.825. The predicted molar refractivity (Wildman–Crippen MR) is 98.3 cm³/mol. The third kappa shape index (κ3) is 4.25. The molecule has 2 aromatic rings. The second kappa shape index (κ2) is 8.45. The second-order valence-electron chi connectivity index (χ2n) is 6.14. The molecule has 0 aliphatic carbocycles. The molecule has 2 aliphatic heterocycles. The molecule has 2 saturated heterocycles. The van der Waals surface area contributed by atoms with E-state index in [9.17, 15) is 9.18 Å². The van der Waals surface area contributed by atoms with Crippen LogP contribution >= 0.6 is 12.4 Å². The van der Waals surface area contributed by atoms with Crippen LogP contribution in [0.15, 0.2) is 35.1 Å². The van der Waals surface area contributed by atoms with Gasteiger partial charge in [-0.1, -0.05) is 0 Å². The largest absolute Gasteiger partial charge is 0.471 e. The van der Waals surface area contributed by atoms with E-state index >= 15 is 0 Å². The van der Waals surface area contributed by atoms with Crippen molar-refractivity contribution in [2.45, 2.75) is 6.10 Å². The maximum Gasteiger partial charge on any atom is 0.414 e. The fourth-order valence-electron chi connectivity index (χ4n) is 3.10. The number of aromatic nitrogens is 1. The van der Waals surface area contributed by atoms with Gasteiger partial charge in [-0.3, -0.25) is 4.90 Å². The lowest BCUT2D eigenvalue weighted by Gasteiger charge is -2.30. The maximum absolute atomic E-state index is 14.6. The van der Waals surface area contributed by atoms with Gasteiger partial charge in [-0.2, -0.15) is 0 Å². The maximum atomic E-state index is 14.6. The highest BCUT2D eigenvalue weighted by Crippen LogP contribution is 2.28. The van der Waals surface area contributed by atoms with Crippen LogP contribution in [0.4, 0.5) is 20.6 Å². The molecule has 10 heteroatoms. The van der Waals surface area contributed by atoms with Crippen LogP contribution in [0, 0.1) is 5.82 Å². The molecule has 27 heavy (non-hydrogen) atoms. The summed E-state index contributed by atoms with van der Waals surface area (Å²) in [6.45, 7) is 3.59. The summed E-state index contributed by atoms with van der Waals surface area (Å²) >= 11 is 0. The van der Waals surface area contributed by atoms with E-state index in [0.29, 0.717) is 17.3 Å². The summed E-state index contributed by atoms with van der Waals surface area (Å²) in [7, 11) is 0. The minimum Gasteiger partial charge on any atom is -0.471 e. The molecule has 1 atom stereocenters. The molecule has 0 saturated carbocycles. The van der Waals surface area contributed by atoms with Gasteiger partial charge in [-0.25, -0.2) is 9.18 Å². The molecule has 1 aromatic carbocycles. The van der Waals surface area contributed by atoms with Crippen LogP contribution in [-0.2, 0) is 4.74 Å². The standard InChI is InChI=1S/C17H19FN4O4.ClH/c18-14-9-12(1-2-15(14)21-6-4-19-5-7-21)22-10-13(26-17(22)23)11-24-16-3-8-25-20-16;/h1-3,8-9,13,19H,4-7,10-11H2;1H. The van der Waals surface area contributed by atoms with Gasteiger partial charge in [-0.05, 0) is 23.4 Å². The van der Waals surface area contributed by atoms with Gasteiger partial charge in [0.25, 0.3) is 5.88 Å². The number of carbonyl (C=O) groups is 1. The van der Waals surface area contributed by atoms with Gasteiger partial charge in [0.05, 0.1) is 17.9 Å². The third-order valence-corrected chi connectivity index (χ3v) is 4.41. The molecule has 0 spiro atoms. The van der Waals surface area contributed by atoms with Gasteiger partial charge in [0.2, 0.25) is 0 Å². The van der Waals surface area contributed by atoms with Crippen molar-refractivity contribution >= 4 is 29.9 Å². The Kier molecular flexibility index (Phi) is 6.02. The number of piperazine rings is 1. The lowest BCUT2D eigenvalue weighted by molar-refractivity contribution is 0.102. The molecule has 146 valence electrons. The van der Waals surface area contributed by atoms with Crippen LogP contribution < -0.4 is 19.9 Å². The zero-order valence-electron chi connectivity index (χ0n) is 14.5. The summed E-state index contributed by atoms with van der Waals surface area (Å²) in [4.78, 5) is 15.5. The lowest BCUT2D eigenvalue weighted by Crippen LogP contribution is -2.43. The van der Waals surface area contributed by atoms with Crippen LogP contribution in [0.3, 0.4) is 0 Å². The zero-order chi connectivity index (χ0) is 17.9. The highest BCUT2D eigenvalue weighted by atomic mass is 35.5. The molecule has 8 nitrogen and oxygen atoms in total. The minimum absolute atomic E-state index is 0. The van der Waals surface area contributed by atoms with Crippen molar-refractivity contribution in [2.24, 2.45) is 0 Å². The van der Waals surface area contributed by atoms with Crippen molar-refractivity contribution in [1.29, 1.82) is 0 Å². The number of cyclic esters (lactones) is 1. The number of benzene rings is 1. The summed E-state index contributed by atoms with van der Waals surface area (Å²) in [5.41, 5.74) is 1.02. The van der Waals surface area contributed by atoms with Gasteiger partial charge in [0.1, 0.15) is 18.7 Å². The van der Waals surface area contributed by atoms with E-state index in [1.807, 2.05) is 4.90 Å². The van der Waals surface area contributed by atoms with E-state index in [2.05, 4.69) is 15.0 Å². The summed E-state index contributed by atoms with van der Waals surface area (Å²) in [6.07, 6.45) is 0.411. The van der Waals surface area contributed by atoms with Gasteiger partial charge in [-0.15, -0.1) is 12.4 Å². The summed E-state index contributed by atoms with van der Waals surface area (Å²) in [5.74, 6) is -0.0228. The number of carbonyl (C=O) groups excluding carboxylic acids is 1. The van der Waals surface area contributed by atoms with Crippen molar-refractivity contribution in [3.63, 3.8) is 0 Å². The first kappa shape index (κ1) is 19.2. The number of amides is 1. The Morgan fingerprint density at radius 3 is 2.81 bits per heavy atom. The summed E-state index contributed by atoms with van der Waals surface area (Å²) in [5, 5.41) is 6.87. The third-order valence-electron chi connectivity index (χ3n) is 4.41. The molecule has 0 bridgehead atoms. The van der Waals surface area contributed by atoms with Crippen molar-refractivity contribution in [3.8, 4) is 5.88 Å².